The average Bonchev–Trinajstić information content (AvgIpc) is 3.01. The third-order valence-corrected chi connectivity index (χ3v) is 4.65. The van der Waals surface area contributed by atoms with Crippen LogP contribution in [0.5, 0.6) is 0 Å². The summed E-state index contributed by atoms with van der Waals surface area (Å²) in [5.74, 6) is -0.260. The highest BCUT2D eigenvalue weighted by Crippen LogP contribution is 2.33. The van der Waals surface area contributed by atoms with Crippen molar-refractivity contribution in [3.05, 3.63) is 89.2 Å². The van der Waals surface area contributed by atoms with Gasteiger partial charge in [-0.1, -0.05) is 35.9 Å². The molecule has 5 heteroatoms. The normalized spacial score (nSPS) is 12.8. The van der Waals surface area contributed by atoms with E-state index < -0.39 is 0 Å². The van der Waals surface area contributed by atoms with Crippen LogP contribution in [-0.4, -0.2) is 16.8 Å². The Balaban J connectivity index is 1.56. The summed E-state index contributed by atoms with van der Waals surface area (Å²) in [6.45, 7) is 2.52. The minimum atomic E-state index is -0.169. The Hall–Kier alpha value is -3.47. The van der Waals surface area contributed by atoms with Crippen molar-refractivity contribution in [3.8, 4) is 0 Å². The zero-order chi connectivity index (χ0) is 18.8. The maximum absolute atomic E-state index is 13.0. The Morgan fingerprint density at radius 2 is 1.93 bits per heavy atom. The van der Waals surface area contributed by atoms with Gasteiger partial charge in [-0.2, -0.15) is 0 Å². The van der Waals surface area contributed by atoms with Crippen LogP contribution >= 0.6 is 0 Å². The van der Waals surface area contributed by atoms with Crippen molar-refractivity contribution in [2.24, 2.45) is 0 Å². The zero-order valence-corrected chi connectivity index (χ0v) is 15.0. The van der Waals surface area contributed by atoms with Crippen molar-refractivity contribution in [2.75, 3.05) is 10.2 Å². The highest BCUT2D eigenvalue weighted by molar-refractivity contribution is 6.15. The van der Waals surface area contributed by atoms with Gasteiger partial charge < -0.3 is 10.2 Å². The summed E-state index contributed by atoms with van der Waals surface area (Å²) in [6.07, 6.45) is 3.55. The third kappa shape index (κ3) is 3.44. The Bertz CT molecular complexity index is 998. The number of aromatic nitrogens is 1. The monoisotopic (exact) mass is 357 g/mol. The van der Waals surface area contributed by atoms with Crippen molar-refractivity contribution in [1.82, 2.24) is 4.98 Å². The summed E-state index contributed by atoms with van der Waals surface area (Å²) in [4.78, 5) is 31.2. The molecule has 0 unspecified atom stereocenters. The van der Waals surface area contributed by atoms with E-state index in [0.717, 1.165) is 22.4 Å². The van der Waals surface area contributed by atoms with E-state index in [9.17, 15) is 9.59 Å². The lowest BCUT2D eigenvalue weighted by molar-refractivity contribution is -0.115. The Morgan fingerprint density at radius 3 is 2.67 bits per heavy atom. The number of pyridine rings is 1. The molecule has 2 heterocycles. The molecule has 5 nitrogen and oxygen atoms in total. The van der Waals surface area contributed by atoms with Gasteiger partial charge >= 0.3 is 0 Å². The molecule has 0 bridgehead atoms. The molecule has 0 spiro atoms. The number of hydrogen-bond donors (Lipinski definition) is 1. The van der Waals surface area contributed by atoms with Crippen LogP contribution < -0.4 is 10.2 Å². The number of rotatable bonds is 4. The molecule has 0 atom stereocenters. The van der Waals surface area contributed by atoms with Crippen LogP contribution in [0.15, 0.2) is 67.0 Å². The quantitative estimate of drug-likeness (QED) is 0.774. The van der Waals surface area contributed by atoms with Crippen molar-refractivity contribution < 1.29 is 9.59 Å². The molecule has 4 rings (SSSR count). The van der Waals surface area contributed by atoms with E-state index in [4.69, 9.17) is 0 Å². The average molecular weight is 357 g/mol. The molecule has 0 radical (unpaired) electrons. The molecule has 1 aliphatic heterocycles. The van der Waals surface area contributed by atoms with E-state index in [1.807, 2.05) is 49.4 Å². The number of aryl methyl sites for hydroxylation is 1. The van der Waals surface area contributed by atoms with Crippen LogP contribution in [0.25, 0.3) is 0 Å². The fourth-order valence-electron chi connectivity index (χ4n) is 3.28. The lowest BCUT2D eigenvalue weighted by Gasteiger charge is -2.16. The highest BCUT2D eigenvalue weighted by atomic mass is 16.2. The second-order valence-corrected chi connectivity index (χ2v) is 6.65. The maximum Gasteiger partial charge on any atom is 0.261 e. The van der Waals surface area contributed by atoms with E-state index in [2.05, 4.69) is 10.3 Å². The van der Waals surface area contributed by atoms with Gasteiger partial charge in [0.25, 0.3) is 5.91 Å². The van der Waals surface area contributed by atoms with Gasteiger partial charge in [-0.05, 0) is 42.3 Å². The van der Waals surface area contributed by atoms with Gasteiger partial charge in [0, 0.05) is 18.1 Å². The Morgan fingerprint density at radius 1 is 1.11 bits per heavy atom. The van der Waals surface area contributed by atoms with E-state index >= 15 is 0 Å². The summed E-state index contributed by atoms with van der Waals surface area (Å²) in [6, 6.07) is 17.1. The van der Waals surface area contributed by atoms with Crippen LogP contribution in [0.2, 0.25) is 0 Å². The summed E-state index contributed by atoms with van der Waals surface area (Å²) in [7, 11) is 0. The number of benzene rings is 2. The number of carbonyl (C=O) groups is 2. The number of hydrogen-bond acceptors (Lipinski definition) is 3. The standard InChI is InChI=1S/C22H19N3O2/c1-15-7-9-18(10-8-15)25-14-17-5-2-6-19(21(17)22(25)27)24-20(26)12-16-4-3-11-23-13-16/h2-11,13H,12,14H2,1H3,(H,24,26). The number of carbonyl (C=O) groups excluding carboxylic acids is 2. The van der Waals surface area contributed by atoms with Gasteiger partial charge in [0.1, 0.15) is 0 Å². The smallest absolute Gasteiger partial charge is 0.261 e. The van der Waals surface area contributed by atoms with E-state index in [-0.39, 0.29) is 18.2 Å². The Labute approximate surface area is 157 Å². The van der Waals surface area contributed by atoms with Crippen LogP contribution in [0.4, 0.5) is 11.4 Å². The van der Waals surface area contributed by atoms with Crippen molar-refractivity contribution in [2.45, 2.75) is 19.9 Å². The molecule has 0 saturated carbocycles. The minimum absolute atomic E-state index is 0.0915. The van der Waals surface area contributed by atoms with E-state index in [0.29, 0.717) is 17.8 Å². The molecule has 27 heavy (non-hydrogen) atoms. The van der Waals surface area contributed by atoms with Crippen LogP contribution in [0.1, 0.15) is 27.0 Å². The molecule has 0 aliphatic carbocycles. The number of anilines is 2. The SMILES string of the molecule is Cc1ccc(N2Cc3cccc(NC(=O)Cc4cccnc4)c3C2=O)cc1. The molecule has 134 valence electrons. The van der Waals surface area contributed by atoms with Crippen molar-refractivity contribution >= 4 is 23.2 Å². The first-order valence-corrected chi connectivity index (χ1v) is 8.81. The van der Waals surface area contributed by atoms with Crippen molar-refractivity contribution in [1.29, 1.82) is 0 Å². The lowest BCUT2D eigenvalue weighted by Crippen LogP contribution is -2.24. The summed E-state index contributed by atoms with van der Waals surface area (Å²) in [5, 5.41) is 2.89. The molecular formula is C22H19N3O2. The number of nitrogens with zero attached hydrogens (tertiary/aromatic N) is 2. The number of nitrogens with one attached hydrogen (secondary N) is 1. The zero-order valence-electron chi connectivity index (χ0n) is 15.0. The third-order valence-electron chi connectivity index (χ3n) is 4.65. The van der Waals surface area contributed by atoms with E-state index in [1.54, 1.807) is 29.4 Å². The minimum Gasteiger partial charge on any atom is -0.325 e. The molecule has 1 aliphatic rings. The second kappa shape index (κ2) is 7.03. The van der Waals surface area contributed by atoms with Gasteiger partial charge in [0.2, 0.25) is 5.91 Å². The fraction of sp³-hybridized carbons (Fsp3) is 0.136. The lowest BCUT2D eigenvalue weighted by atomic mass is 10.1. The van der Waals surface area contributed by atoms with E-state index in [1.165, 1.54) is 0 Å². The highest BCUT2D eigenvalue weighted by Gasteiger charge is 2.31. The van der Waals surface area contributed by atoms with Gasteiger partial charge in [0.05, 0.1) is 24.2 Å². The largest absolute Gasteiger partial charge is 0.325 e. The second-order valence-electron chi connectivity index (χ2n) is 6.65. The summed E-state index contributed by atoms with van der Waals surface area (Å²) >= 11 is 0. The first kappa shape index (κ1) is 17.0. The topological polar surface area (TPSA) is 62.3 Å². The van der Waals surface area contributed by atoms with Gasteiger partial charge in [-0.3, -0.25) is 14.6 Å². The molecule has 0 saturated heterocycles. The molecule has 1 aromatic heterocycles. The van der Waals surface area contributed by atoms with Crippen LogP contribution in [-0.2, 0) is 17.8 Å². The molecule has 2 amide bonds. The Kier molecular flexibility index (Phi) is 4.42. The molecule has 0 fully saturated rings. The predicted molar refractivity (Wildman–Crippen MR) is 105 cm³/mol. The van der Waals surface area contributed by atoms with Crippen LogP contribution in [0, 0.1) is 6.92 Å². The van der Waals surface area contributed by atoms with Gasteiger partial charge in [-0.15, -0.1) is 0 Å². The molecule has 1 N–H and O–H groups in total. The predicted octanol–water partition coefficient (Wildman–Crippen LogP) is 3.73. The molecule has 3 aromatic rings. The first-order chi connectivity index (χ1) is 13.1. The first-order valence-electron chi connectivity index (χ1n) is 8.81. The molecular weight excluding hydrogens is 338 g/mol. The summed E-state index contributed by atoms with van der Waals surface area (Å²) in [5.41, 5.74) is 4.87. The summed E-state index contributed by atoms with van der Waals surface area (Å²) < 4.78 is 0. The van der Waals surface area contributed by atoms with Crippen LogP contribution in [0.3, 0.4) is 0 Å². The number of fused-ring (bicyclic) bond motifs is 1. The maximum atomic E-state index is 13.0. The van der Waals surface area contributed by atoms with Crippen molar-refractivity contribution in [3.63, 3.8) is 0 Å². The van der Waals surface area contributed by atoms with Gasteiger partial charge in [0.15, 0.2) is 0 Å². The number of amides is 2. The fourth-order valence-corrected chi connectivity index (χ4v) is 3.28. The molecule has 2 aromatic carbocycles. The van der Waals surface area contributed by atoms with Gasteiger partial charge in [-0.25, -0.2) is 0 Å².